The van der Waals surface area contributed by atoms with Gasteiger partial charge in [0.25, 0.3) is 5.91 Å². The Kier molecular flexibility index (Phi) is 6.84. The van der Waals surface area contributed by atoms with Gasteiger partial charge in [-0.1, -0.05) is 46.8 Å². The Labute approximate surface area is 179 Å². The quantitative estimate of drug-likeness (QED) is 0.807. The molecular weight excluding hydrogens is 382 g/mol. The maximum atomic E-state index is 13.5. The number of alkyl carbamates (subject to hydrolysis) is 1. The van der Waals surface area contributed by atoms with Crippen LogP contribution in [0, 0.1) is 11.3 Å². The van der Waals surface area contributed by atoms with Crippen molar-refractivity contribution in [3.63, 3.8) is 0 Å². The van der Waals surface area contributed by atoms with Crippen LogP contribution in [0.3, 0.4) is 0 Å². The van der Waals surface area contributed by atoms with Crippen LogP contribution in [0.15, 0.2) is 24.3 Å². The highest BCUT2D eigenvalue weighted by atomic mass is 16.6. The number of nitrogens with one attached hydrogen (secondary N) is 1. The number of ether oxygens (including phenoxy) is 1. The number of anilines is 2. The molecule has 1 atom stereocenters. The maximum absolute atomic E-state index is 13.5. The predicted molar refractivity (Wildman–Crippen MR) is 119 cm³/mol. The van der Waals surface area contributed by atoms with E-state index in [4.69, 9.17) is 4.74 Å². The van der Waals surface area contributed by atoms with Crippen LogP contribution >= 0.6 is 0 Å². The van der Waals surface area contributed by atoms with Gasteiger partial charge in [-0.2, -0.15) is 0 Å². The van der Waals surface area contributed by atoms with Crippen LogP contribution in [0.1, 0.15) is 55.4 Å². The molecule has 0 saturated carbocycles. The lowest BCUT2D eigenvalue weighted by Crippen LogP contribution is -2.55. The van der Waals surface area contributed by atoms with Crippen molar-refractivity contribution < 1.29 is 19.1 Å². The lowest BCUT2D eigenvalue weighted by molar-refractivity contribution is -0.126. The zero-order chi connectivity index (χ0) is 22.9. The summed E-state index contributed by atoms with van der Waals surface area (Å²) in [6.07, 6.45) is -0.681. The Morgan fingerprint density at radius 3 is 2.17 bits per heavy atom. The number of hydrogen-bond donors (Lipinski definition) is 1. The Morgan fingerprint density at radius 2 is 1.67 bits per heavy atom. The summed E-state index contributed by atoms with van der Waals surface area (Å²) >= 11 is 0. The Hall–Kier alpha value is -2.57. The highest BCUT2D eigenvalue weighted by Gasteiger charge is 2.40. The number of benzene rings is 1. The van der Waals surface area contributed by atoms with Gasteiger partial charge in [0.05, 0.1) is 17.9 Å². The Balaban J connectivity index is 2.52. The van der Waals surface area contributed by atoms with E-state index in [2.05, 4.69) is 5.32 Å². The highest BCUT2D eigenvalue weighted by Crippen LogP contribution is 2.35. The van der Waals surface area contributed by atoms with E-state index in [0.29, 0.717) is 17.9 Å². The highest BCUT2D eigenvalue weighted by molar-refractivity contribution is 6.08. The van der Waals surface area contributed by atoms with E-state index in [1.54, 1.807) is 30.6 Å². The topological polar surface area (TPSA) is 79.0 Å². The molecule has 2 rings (SSSR count). The molecule has 0 bridgehead atoms. The summed E-state index contributed by atoms with van der Waals surface area (Å²) in [6.45, 7) is 15.4. The zero-order valence-electron chi connectivity index (χ0n) is 19.4. The van der Waals surface area contributed by atoms with Gasteiger partial charge in [-0.15, -0.1) is 0 Å². The zero-order valence-corrected chi connectivity index (χ0v) is 19.4. The molecule has 1 unspecified atom stereocenters. The number of rotatable bonds is 3. The van der Waals surface area contributed by atoms with Crippen molar-refractivity contribution in [2.24, 2.45) is 11.3 Å². The van der Waals surface area contributed by atoms with Crippen molar-refractivity contribution in [2.45, 2.75) is 67.0 Å². The number of hydrogen-bond acceptors (Lipinski definition) is 4. The average Bonchev–Trinajstić information content (AvgIpc) is 2.69. The fraction of sp³-hybridized carbons (Fsp3) is 0.609. The summed E-state index contributed by atoms with van der Waals surface area (Å²) in [5.74, 6) is -0.176. The van der Waals surface area contributed by atoms with E-state index in [1.807, 2.05) is 58.9 Å². The van der Waals surface area contributed by atoms with E-state index >= 15 is 0 Å². The molecule has 30 heavy (non-hydrogen) atoms. The first kappa shape index (κ1) is 23.7. The second-order valence-electron chi connectivity index (χ2n) is 10.2. The van der Waals surface area contributed by atoms with Gasteiger partial charge < -0.3 is 19.9 Å². The first-order chi connectivity index (χ1) is 13.7. The van der Waals surface area contributed by atoms with E-state index in [1.165, 1.54) is 0 Å². The smallest absolute Gasteiger partial charge is 0.408 e. The molecule has 7 nitrogen and oxygen atoms in total. The van der Waals surface area contributed by atoms with E-state index in [9.17, 15) is 14.4 Å². The van der Waals surface area contributed by atoms with Gasteiger partial charge in [-0.25, -0.2) is 4.79 Å². The van der Waals surface area contributed by atoms with Gasteiger partial charge >= 0.3 is 6.09 Å². The summed E-state index contributed by atoms with van der Waals surface area (Å²) < 4.78 is 5.36. The van der Waals surface area contributed by atoms with Crippen LogP contribution in [0.5, 0.6) is 0 Å². The minimum atomic E-state index is -0.919. The van der Waals surface area contributed by atoms with Gasteiger partial charge in [-0.05, 0) is 38.8 Å². The van der Waals surface area contributed by atoms with Crippen molar-refractivity contribution in [3.05, 3.63) is 24.3 Å². The lowest BCUT2D eigenvalue weighted by atomic mass is 9.94. The SMILES string of the molecule is CC(C)CN1C(=O)C(NC(=O)OC(C)(C)C)CN(C(=O)C(C)(C)C)c2ccccc21. The molecular formula is C23H35N3O4. The van der Waals surface area contributed by atoms with Gasteiger partial charge in [0.15, 0.2) is 0 Å². The maximum Gasteiger partial charge on any atom is 0.408 e. The summed E-state index contributed by atoms with van der Waals surface area (Å²) in [7, 11) is 0. The van der Waals surface area contributed by atoms with Crippen LogP contribution < -0.4 is 15.1 Å². The molecule has 0 aliphatic carbocycles. The van der Waals surface area contributed by atoms with Gasteiger partial charge in [0, 0.05) is 12.0 Å². The third kappa shape index (κ3) is 5.74. The molecule has 3 amide bonds. The molecule has 0 saturated heterocycles. The molecule has 1 aromatic rings. The first-order valence-corrected chi connectivity index (χ1v) is 10.4. The summed E-state index contributed by atoms with van der Waals surface area (Å²) in [5.41, 5.74) is -0.0126. The molecule has 1 heterocycles. The molecule has 1 aromatic carbocycles. The predicted octanol–water partition coefficient (Wildman–Crippen LogP) is 3.96. The normalized spacial score (nSPS) is 17.5. The van der Waals surface area contributed by atoms with Crippen LogP contribution in [0.25, 0.3) is 0 Å². The number of amides is 3. The van der Waals surface area contributed by atoms with Crippen LogP contribution in [0.4, 0.5) is 16.2 Å². The third-order valence-corrected chi connectivity index (χ3v) is 4.52. The minimum absolute atomic E-state index is 0.0415. The van der Waals surface area contributed by atoms with Crippen molar-refractivity contribution in [1.29, 1.82) is 0 Å². The molecule has 1 N–H and O–H groups in total. The fourth-order valence-corrected chi connectivity index (χ4v) is 3.29. The van der Waals surface area contributed by atoms with Crippen LogP contribution in [0.2, 0.25) is 0 Å². The summed E-state index contributed by atoms with van der Waals surface area (Å²) in [5, 5.41) is 2.69. The van der Waals surface area contributed by atoms with Gasteiger partial charge in [0.2, 0.25) is 5.91 Å². The van der Waals surface area contributed by atoms with Gasteiger partial charge in [-0.3, -0.25) is 9.59 Å². The molecule has 7 heteroatoms. The van der Waals surface area contributed by atoms with Crippen molar-refractivity contribution in [1.82, 2.24) is 5.32 Å². The number of nitrogens with zero attached hydrogens (tertiary/aromatic N) is 2. The number of fused-ring (bicyclic) bond motifs is 1. The standard InChI is InChI=1S/C23H35N3O4/c1-15(2)13-25-17-11-9-10-12-18(17)26(20(28)22(3,4)5)14-16(19(25)27)24-21(29)30-23(6,7)8/h9-12,15-16H,13-14H2,1-8H3,(H,24,29). The lowest BCUT2D eigenvalue weighted by Gasteiger charge is -2.31. The first-order valence-electron chi connectivity index (χ1n) is 10.4. The molecule has 166 valence electrons. The average molecular weight is 418 g/mol. The fourth-order valence-electron chi connectivity index (χ4n) is 3.29. The molecule has 1 aliphatic rings. The van der Waals surface area contributed by atoms with Crippen LogP contribution in [-0.4, -0.2) is 42.6 Å². The van der Waals surface area contributed by atoms with E-state index in [-0.39, 0.29) is 24.3 Å². The number of para-hydroxylation sites is 2. The summed E-state index contributed by atoms with van der Waals surface area (Å²) in [6, 6.07) is 6.46. The second kappa shape index (κ2) is 8.66. The molecule has 0 fully saturated rings. The number of carbonyl (C=O) groups excluding carboxylic acids is 3. The van der Waals surface area contributed by atoms with Crippen LogP contribution in [-0.2, 0) is 14.3 Å². The minimum Gasteiger partial charge on any atom is -0.444 e. The van der Waals surface area contributed by atoms with Gasteiger partial charge in [0.1, 0.15) is 11.6 Å². The Morgan fingerprint density at radius 1 is 1.10 bits per heavy atom. The molecule has 0 spiro atoms. The summed E-state index contributed by atoms with van der Waals surface area (Å²) in [4.78, 5) is 42.5. The Bertz CT molecular complexity index is 805. The van der Waals surface area contributed by atoms with Crippen molar-refractivity contribution in [3.8, 4) is 0 Å². The molecule has 0 radical (unpaired) electrons. The molecule has 1 aliphatic heterocycles. The molecule has 0 aromatic heterocycles. The van der Waals surface area contributed by atoms with Crippen molar-refractivity contribution >= 4 is 29.3 Å². The van der Waals surface area contributed by atoms with E-state index in [0.717, 1.165) is 0 Å². The largest absolute Gasteiger partial charge is 0.444 e. The number of carbonyl (C=O) groups is 3. The monoisotopic (exact) mass is 417 g/mol. The third-order valence-electron chi connectivity index (χ3n) is 4.52. The van der Waals surface area contributed by atoms with Crippen molar-refractivity contribution in [2.75, 3.05) is 22.9 Å². The van der Waals surface area contributed by atoms with E-state index < -0.39 is 23.2 Å². The second-order valence-corrected chi connectivity index (χ2v) is 10.2.